The largest absolute Gasteiger partial charge is 0.383 e. The molecule has 1 heterocycles. The summed E-state index contributed by atoms with van der Waals surface area (Å²) in [6.45, 7) is 7.47. The maximum Gasteiger partial charge on any atom is 0.0696 e. The van der Waals surface area contributed by atoms with Crippen LogP contribution >= 0.6 is 11.6 Å². The number of hydrogen-bond donors (Lipinski definition) is 0. The Bertz CT molecular complexity index is 177. The van der Waals surface area contributed by atoms with Crippen molar-refractivity contribution in [3.8, 4) is 0 Å². The zero-order valence-corrected chi connectivity index (χ0v) is 11.1. The van der Waals surface area contributed by atoms with E-state index in [1.54, 1.807) is 7.11 Å². The normalized spacial score (nSPS) is 20.2. The predicted molar refractivity (Wildman–Crippen MR) is 66.3 cm³/mol. The van der Waals surface area contributed by atoms with E-state index in [1.165, 1.54) is 0 Å². The Labute approximate surface area is 103 Å². The van der Waals surface area contributed by atoms with E-state index in [2.05, 4.69) is 16.8 Å². The number of hydrogen-bond acceptors (Lipinski definition) is 4. The molecule has 4 nitrogen and oxygen atoms in total. The molecule has 1 aliphatic heterocycles. The van der Waals surface area contributed by atoms with Crippen LogP contribution in [0.4, 0.5) is 0 Å². The quantitative estimate of drug-likeness (QED) is 0.615. The van der Waals surface area contributed by atoms with E-state index in [-0.39, 0.29) is 5.38 Å². The van der Waals surface area contributed by atoms with E-state index in [1.807, 2.05) is 0 Å². The van der Waals surface area contributed by atoms with E-state index >= 15 is 0 Å². The number of ether oxygens (including phenoxy) is 2. The molecule has 0 aromatic carbocycles. The first-order valence-electron chi connectivity index (χ1n) is 5.84. The molecule has 0 spiro atoms. The minimum atomic E-state index is 0.0830. The van der Waals surface area contributed by atoms with Gasteiger partial charge < -0.3 is 14.4 Å². The summed E-state index contributed by atoms with van der Waals surface area (Å²) in [5.74, 6) is 0. The van der Waals surface area contributed by atoms with Crippen LogP contribution < -0.4 is 0 Å². The molecule has 1 atom stereocenters. The van der Waals surface area contributed by atoms with Crippen LogP contribution in [0.1, 0.15) is 0 Å². The van der Waals surface area contributed by atoms with Crippen molar-refractivity contribution >= 4 is 11.6 Å². The average Bonchev–Trinajstić information content (AvgIpc) is 2.28. The Kier molecular flexibility index (Phi) is 7.32. The molecule has 1 aliphatic rings. The number of methoxy groups -OCH3 is 1. The van der Waals surface area contributed by atoms with Crippen LogP contribution in [0.2, 0.25) is 0 Å². The minimum Gasteiger partial charge on any atom is -0.383 e. The topological polar surface area (TPSA) is 24.9 Å². The maximum absolute atomic E-state index is 6.10. The Morgan fingerprint density at radius 3 is 2.75 bits per heavy atom. The van der Waals surface area contributed by atoms with Gasteiger partial charge in [-0.2, -0.15) is 0 Å². The summed E-state index contributed by atoms with van der Waals surface area (Å²) in [4.78, 5) is 4.69. The highest BCUT2D eigenvalue weighted by Crippen LogP contribution is 2.01. The fourth-order valence-electron chi connectivity index (χ4n) is 1.80. The van der Waals surface area contributed by atoms with Gasteiger partial charge in [0.05, 0.1) is 25.2 Å². The molecular formula is C11H23ClN2O2. The molecule has 96 valence electrons. The van der Waals surface area contributed by atoms with Crippen LogP contribution in [0.3, 0.4) is 0 Å². The summed E-state index contributed by atoms with van der Waals surface area (Å²) < 4.78 is 10.3. The van der Waals surface area contributed by atoms with E-state index in [0.29, 0.717) is 6.61 Å². The van der Waals surface area contributed by atoms with E-state index in [0.717, 1.165) is 45.9 Å². The third kappa shape index (κ3) is 6.01. The van der Waals surface area contributed by atoms with Gasteiger partial charge in [-0.05, 0) is 7.05 Å². The molecule has 0 aromatic heterocycles. The van der Waals surface area contributed by atoms with Crippen molar-refractivity contribution in [1.29, 1.82) is 0 Å². The monoisotopic (exact) mass is 250 g/mol. The van der Waals surface area contributed by atoms with Gasteiger partial charge in [0.15, 0.2) is 0 Å². The SMILES string of the molecule is COCC(Cl)CN(C)CCN1CCOCC1. The van der Waals surface area contributed by atoms with Gasteiger partial charge in [0.1, 0.15) is 0 Å². The molecule has 1 rings (SSSR count). The smallest absolute Gasteiger partial charge is 0.0696 e. The summed E-state index contributed by atoms with van der Waals surface area (Å²) in [5, 5.41) is 0.0830. The third-order valence-corrected chi connectivity index (χ3v) is 3.02. The maximum atomic E-state index is 6.10. The molecular weight excluding hydrogens is 228 g/mol. The van der Waals surface area contributed by atoms with Crippen LogP contribution in [-0.2, 0) is 9.47 Å². The molecule has 0 amide bonds. The van der Waals surface area contributed by atoms with Gasteiger partial charge >= 0.3 is 0 Å². The standard InChI is InChI=1S/C11H23ClN2O2/c1-13(9-11(12)10-15-2)3-4-14-5-7-16-8-6-14/h11H,3-10H2,1-2H3. The summed E-state index contributed by atoms with van der Waals surface area (Å²) in [7, 11) is 3.79. The molecule has 0 N–H and O–H groups in total. The average molecular weight is 251 g/mol. The van der Waals surface area contributed by atoms with E-state index in [9.17, 15) is 0 Å². The van der Waals surface area contributed by atoms with Gasteiger partial charge in [-0.1, -0.05) is 0 Å². The molecule has 1 fully saturated rings. The van der Waals surface area contributed by atoms with Gasteiger partial charge in [-0.15, -0.1) is 11.6 Å². The van der Waals surface area contributed by atoms with Crippen LogP contribution in [0, 0.1) is 0 Å². The zero-order valence-electron chi connectivity index (χ0n) is 10.3. The molecule has 0 aromatic rings. The molecule has 0 bridgehead atoms. The first kappa shape index (κ1) is 14.2. The van der Waals surface area contributed by atoms with Gasteiger partial charge in [-0.3, -0.25) is 4.90 Å². The van der Waals surface area contributed by atoms with Gasteiger partial charge in [0.2, 0.25) is 0 Å². The van der Waals surface area contributed by atoms with Crippen molar-refractivity contribution < 1.29 is 9.47 Å². The highest BCUT2D eigenvalue weighted by Gasteiger charge is 2.12. The number of rotatable bonds is 7. The first-order valence-corrected chi connectivity index (χ1v) is 6.27. The number of alkyl halides is 1. The van der Waals surface area contributed by atoms with Gasteiger partial charge in [0.25, 0.3) is 0 Å². The van der Waals surface area contributed by atoms with Gasteiger partial charge in [-0.25, -0.2) is 0 Å². The lowest BCUT2D eigenvalue weighted by molar-refractivity contribution is 0.0342. The number of likely N-dealkylation sites (N-methyl/N-ethyl adjacent to an activating group) is 1. The molecule has 0 aliphatic carbocycles. The van der Waals surface area contributed by atoms with Crippen molar-refractivity contribution in [3.05, 3.63) is 0 Å². The number of halogens is 1. The molecule has 5 heteroatoms. The van der Waals surface area contributed by atoms with E-state index < -0.39 is 0 Å². The summed E-state index contributed by atoms with van der Waals surface area (Å²) in [6, 6.07) is 0. The minimum absolute atomic E-state index is 0.0830. The Morgan fingerprint density at radius 1 is 1.44 bits per heavy atom. The van der Waals surface area contributed by atoms with Crippen molar-refractivity contribution in [2.24, 2.45) is 0 Å². The first-order chi connectivity index (χ1) is 7.72. The fourth-order valence-corrected chi connectivity index (χ4v) is 2.16. The predicted octanol–water partition coefficient (Wildman–Crippen LogP) is 0.504. The van der Waals surface area contributed by atoms with Crippen molar-refractivity contribution in [3.63, 3.8) is 0 Å². The summed E-state index contributed by atoms with van der Waals surface area (Å²) in [6.07, 6.45) is 0. The molecule has 1 unspecified atom stereocenters. The second-order valence-corrected chi connectivity index (χ2v) is 4.89. The van der Waals surface area contributed by atoms with Crippen molar-refractivity contribution in [2.75, 3.05) is 66.7 Å². The second-order valence-electron chi connectivity index (χ2n) is 4.27. The lowest BCUT2D eigenvalue weighted by Gasteiger charge is -2.29. The summed E-state index contributed by atoms with van der Waals surface area (Å²) in [5.41, 5.74) is 0. The lowest BCUT2D eigenvalue weighted by atomic mass is 10.3. The Balaban J connectivity index is 2.06. The molecule has 0 saturated carbocycles. The number of morpholine rings is 1. The highest BCUT2D eigenvalue weighted by molar-refractivity contribution is 6.20. The van der Waals surface area contributed by atoms with Gasteiger partial charge in [0, 0.05) is 39.8 Å². The fraction of sp³-hybridized carbons (Fsp3) is 1.00. The van der Waals surface area contributed by atoms with Crippen LogP contribution in [0.15, 0.2) is 0 Å². The van der Waals surface area contributed by atoms with E-state index in [4.69, 9.17) is 21.1 Å². The Hall–Kier alpha value is 0.130. The third-order valence-electron chi connectivity index (χ3n) is 2.76. The summed E-state index contributed by atoms with van der Waals surface area (Å²) >= 11 is 6.10. The van der Waals surface area contributed by atoms with Crippen LogP contribution in [0.25, 0.3) is 0 Å². The lowest BCUT2D eigenvalue weighted by Crippen LogP contribution is -2.41. The molecule has 0 radical (unpaired) electrons. The molecule has 16 heavy (non-hydrogen) atoms. The number of nitrogens with zero attached hydrogens (tertiary/aromatic N) is 2. The van der Waals surface area contributed by atoms with Crippen LogP contribution in [-0.4, -0.2) is 81.9 Å². The Morgan fingerprint density at radius 2 is 2.12 bits per heavy atom. The van der Waals surface area contributed by atoms with Crippen molar-refractivity contribution in [1.82, 2.24) is 9.80 Å². The second kappa shape index (κ2) is 8.25. The van der Waals surface area contributed by atoms with Crippen molar-refractivity contribution in [2.45, 2.75) is 5.38 Å². The molecule has 1 saturated heterocycles. The highest BCUT2D eigenvalue weighted by atomic mass is 35.5. The zero-order chi connectivity index (χ0) is 11.8. The van der Waals surface area contributed by atoms with Crippen LogP contribution in [0.5, 0.6) is 0 Å².